The predicted octanol–water partition coefficient (Wildman–Crippen LogP) is 2.27. The lowest BCUT2D eigenvalue weighted by Gasteiger charge is -2.12. The third-order valence-corrected chi connectivity index (χ3v) is 3.51. The number of benzene rings is 1. The number of esters is 1. The molecule has 3 rings (SSSR count). The number of rotatable bonds is 5. The van der Waals surface area contributed by atoms with Crippen molar-refractivity contribution in [3.8, 4) is 5.75 Å². The van der Waals surface area contributed by atoms with Crippen molar-refractivity contribution in [2.24, 2.45) is 0 Å². The highest BCUT2D eigenvalue weighted by atomic mass is 16.6. The van der Waals surface area contributed by atoms with Crippen LogP contribution in [0.4, 0.5) is 10.6 Å². The lowest BCUT2D eigenvalue weighted by Crippen LogP contribution is -2.27. The van der Waals surface area contributed by atoms with Crippen LogP contribution in [0.2, 0.25) is 0 Å². The molecular formula is C17H16N2O5. The minimum atomic E-state index is -0.441. The molecule has 1 saturated heterocycles. The van der Waals surface area contributed by atoms with E-state index in [1.807, 2.05) is 6.07 Å². The molecule has 1 aromatic carbocycles. The fraction of sp³-hybridized carbons (Fsp3) is 0.235. The zero-order valence-corrected chi connectivity index (χ0v) is 13.0. The molecule has 7 nitrogen and oxygen atoms in total. The zero-order chi connectivity index (χ0) is 16.9. The maximum atomic E-state index is 11.9. The molecular weight excluding hydrogens is 312 g/mol. The number of amides is 1. The normalized spacial score (nSPS) is 16.6. The Bertz CT molecular complexity index is 718. The Morgan fingerprint density at radius 3 is 2.75 bits per heavy atom. The van der Waals surface area contributed by atoms with Gasteiger partial charge in [-0.2, -0.15) is 0 Å². The minimum Gasteiger partial charge on any atom is -0.490 e. The number of anilines is 1. The van der Waals surface area contributed by atoms with Gasteiger partial charge >= 0.3 is 12.1 Å². The summed E-state index contributed by atoms with van der Waals surface area (Å²) in [5.41, 5.74) is 0.443. The van der Waals surface area contributed by atoms with Crippen molar-refractivity contribution in [2.45, 2.75) is 6.10 Å². The summed E-state index contributed by atoms with van der Waals surface area (Å²) < 4.78 is 15.5. The van der Waals surface area contributed by atoms with Crippen LogP contribution in [0.15, 0.2) is 48.7 Å². The van der Waals surface area contributed by atoms with Gasteiger partial charge in [-0.1, -0.05) is 6.07 Å². The van der Waals surface area contributed by atoms with Crippen molar-refractivity contribution in [1.82, 2.24) is 4.98 Å². The number of cyclic esters (lactones) is 1. The van der Waals surface area contributed by atoms with Gasteiger partial charge in [0, 0.05) is 6.20 Å². The second kappa shape index (κ2) is 6.99. The summed E-state index contributed by atoms with van der Waals surface area (Å²) in [7, 11) is 1.33. The number of hydrogen-bond donors (Lipinski definition) is 0. The molecule has 1 aliphatic heterocycles. The number of aromatic nitrogens is 1. The second-order valence-electron chi connectivity index (χ2n) is 5.13. The molecule has 124 valence electrons. The predicted molar refractivity (Wildman–Crippen MR) is 85.1 cm³/mol. The molecule has 0 aliphatic carbocycles. The molecule has 1 aromatic heterocycles. The first-order chi connectivity index (χ1) is 11.7. The maximum Gasteiger partial charge on any atom is 0.416 e. The van der Waals surface area contributed by atoms with Gasteiger partial charge in [0.1, 0.15) is 18.2 Å². The Kier molecular flexibility index (Phi) is 4.60. The summed E-state index contributed by atoms with van der Waals surface area (Å²) in [5.74, 6) is 0.722. The molecule has 1 fully saturated rings. The van der Waals surface area contributed by atoms with Crippen LogP contribution in [0, 0.1) is 0 Å². The topological polar surface area (TPSA) is 78.0 Å². The van der Waals surface area contributed by atoms with Crippen LogP contribution in [0.1, 0.15) is 10.4 Å². The SMILES string of the molecule is COC(=O)c1ccc(OCC2CN(c3ccccn3)C(=O)O2)cc1. The zero-order valence-electron chi connectivity index (χ0n) is 13.0. The van der Waals surface area contributed by atoms with Crippen LogP contribution >= 0.6 is 0 Å². The molecule has 2 aromatic rings. The van der Waals surface area contributed by atoms with Gasteiger partial charge in [-0.15, -0.1) is 0 Å². The van der Waals surface area contributed by atoms with Crippen LogP contribution in [0.3, 0.4) is 0 Å². The summed E-state index contributed by atoms with van der Waals surface area (Å²) in [5, 5.41) is 0. The van der Waals surface area contributed by atoms with E-state index in [1.54, 1.807) is 42.6 Å². The van der Waals surface area contributed by atoms with Crippen LogP contribution < -0.4 is 9.64 Å². The molecule has 1 unspecified atom stereocenters. The number of hydrogen-bond acceptors (Lipinski definition) is 6. The quantitative estimate of drug-likeness (QED) is 0.784. The summed E-state index contributed by atoms with van der Waals surface area (Å²) in [6.07, 6.45) is 0.790. The molecule has 7 heteroatoms. The van der Waals surface area contributed by atoms with E-state index in [2.05, 4.69) is 9.72 Å². The van der Waals surface area contributed by atoms with Crippen molar-refractivity contribution in [3.63, 3.8) is 0 Å². The first-order valence-electron chi connectivity index (χ1n) is 7.38. The number of carbonyl (C=O) groups is 2. The van der Waals surface area contributed by atoms with Gasteiger partial charge in [0.25, 0.3) is 0 Å². The third-order valence-electron chi connectivity index (χ3n) is 3.51. The van der Waals surface area contributed by atoms with Crippen molar-refractivity contribution in [2.75, 3.05) is 25.2 Å². The highest BCUT2D eigenvalue weighted by molar-refractivity contribution is 5.89. The molecule has 1 aliphatic rings. The van der Waals surface area contributed by atoms with E-state index < -0.39 is 12.1 Å². The molecule has 1 amide bonds. The molecule has 24 heavy (non-hydrogen) atoms. The Morgan fingerprint density at radius 2 is 2.08 bits per heavy atom. The van der Waals surface area contributed by atoms with E-state index in [-0.39, 0.29) is 12.7 Å². The summed E-state index contributed by atoms with van der Waals surface area (Å²) in [4.78, 5) is 28.9. The molecule has 0 saturated carbocycles. The van der Waals surface area contributed by atoms with Crippen molar-refractivity contribution >= 4 is 17.9 Å². The molecule has 2 heterocycles. The maximum absolute atomic E-state index is 11.9. The van der Waals surface area contributed by atoms with Gasteiger partial charge < -0.3 is 14.2 Å². The fourth-order valence-electron chi connectivity index (χ4n) is 2.30. The van der Waals surface area contributed by atoms with Crippen LogP contribution in [0.25, 0.3) is 0 Å². The standard InChI is InChI=1S/C17H16N2O5/c1-22-16(20)12-5-7-13(8-6-12)23-11-14-10-19(17(21)24-14)15-4-2-3-9-18-15/h2-9,14H,10-11H2,1H3. The number of ether oxygens (including phenoxy) is 3. The smallest absolute Gasteiger partial charge is 0.416 e. The van der Waals surface area contributed by atoms with Crippen molar-refractivity contribution in [1.29, 1.82) is 0 Å². The number of carbonyl (C=O) groups excluding carboxylic acids is 2. The Balaban J connectivity index is 1.56. The van der Waals surface area contributed by atoms with Gasteiger partial charge in [-0.05, 0) is 36.4 Å². The molecule has 1 atom stereocenters. The Morgan fingerprint density at radius 1 is 1.29 bits per heavy atom. The second-order valence-corrected chi connectivity index (χ2v) is 5.13. The van der Waals surface area contributed by atoms with E-state index in [0.29, 0.717) is 23.7 Å². The monoisotopic (exact) mass is 328 g/mol. The number of methoxy groups -OCH3 is 1. The average Bonchev–Trinajstić information content (AvgIpc) is 3.01. The molecule has 0 bridgehead atoms. The average molecular weight is 328 g/mol. The minimum absolute atomic E-state index is 0.215. The molecule has 0 N–H and O–H groups in total. The molecule has 0 radical (unpaired) electrons. The van der Waals surface area contributed by atoms with Crippen LogP contribution in [0.5, 0.6) is 5.75 Å². The van der Waals surface area contributed by atoms with E-state index in [1.165, 1.54) is 12.0 Å². The number of pyridine rings is 1. The van der Waals surface area contributed by atoms with Crippen LogP contribution in [-0.4, -0.2) is 43.4 Å². The summed E-state index contributed by atoms with van der Waals surface area (Å²) in [6, 6.07) is 11.9. The highest BCUT2D eigenvalue weighted by Crippen LogP contribution is 2.20. The van der Waals surface area contributed by atoms with Gasteiger partial charge in [0.05, 0.1) is 19.2 Å². The Labute approximate surface area is 138 Å². The van der Waals surface area contributed by atoms with Crippen molar-refractivity contribution < 1.29 is 23.8 Å². The fourth-order valence-corrected chi connectivity index (χ4v) is 2.30. The van der Waals surface area contributed by atoms with E-state index in [0.717, 1.165) is 0 Å². The van der Waals surface area contributed by atoms with Gasteiger partial charge in [-0.25, -0.2) is 14.6 Å². The van der Waals surface area contributed by atoms with Crippen molar-refractivity contribution in [3.05, 3.63) is 54.2 Å². The lowest BCUT2D eigenvalue weighted by molar-refractivity contribution is 0.0600. The van der Waals surface area contributed by atoms with Gasteiger partial charge in [-0.3, -0.25) is 4.90 Å². The first kappa shape index (κ1) is 15.8. The van der Waals surface area contributed by atoms with Gasteiger partial charge in [0.15, 0.2) is 6.10 Å². The number of nitrogens with zero attached hydrogens (tertiary/aromatic N) is 2. The van der Waals surface area contributed by atoms with Gasteiger partial charge in [0.2, 0.25) is 0 Å². The largest absolute Gasteiger partial charge is 0.490 e. The summed E-state index contributed by atoms with van der Waals surface area (Å²) >= 11 is 0. The highest BCUT2D eigenvalue weighted by Gasteiger charge is 2.33. The Hall–Kier alpha value is -3.09. The summed E-state index contributed by atoms with van der Waals surface area (Å²) in [6.45, 7) is 0.586. The van der Waals surface area contributed by atoms with E-state index >= 15 is 0 Å². The third kappa shape index (κ3) is 3.45. The first-order valence-corrected chi connectivity index (χ1v) is 7.38. The van der Waals surface area contributed by atoms with Crippen LogP contribution in [-0.2, 0) is 9.47 Å². The lowest BCUT2D eigenvalue weighted by atomic mass is 10.2. The van der Waals surface area contributed by atoms with E-state index in [4.69, 9.17) is 9.47 Å². The van der Waals surface area contributed by atoms with E-state index in [9.17, 15) is 9.59 Å². The molecule has 0 spiro atoms.